The minimum atomic E-state index is -0.0988. The van der Waals surface area contributed by atoms with Crippen LogP contribution in [0.25, 0.3) is 11.0 Å². The smallest absolute Gasteiger partial charge is 0.326 e. The van der Waals surface area contributed by atoms with E-state index in [4.69, 9.17) is 10.5 Å². The Labute approximate surface area is 193 Å². The van der Waals surface area contributed by atoms with Crippen LogP contribution in [0.2, 0.25) is 0 Å². The van der Waals surface area contributed by atoms with Crippen molar-refractivity contribution < 1.29 is 9.53 Å². The Balaban J connectivity index is 1.47. The molecule has 0 unspecified atom stereocenters. The molecular formula is C25H33N5O3. The lowest BCUT2D eigenvalue weighted by Gasteiger charge is -2.28. The number of likely N-dealkylation sites (N-methyl/N-ethyl adjacent to an activating group) is 1. The number of para-hydroxylation sites is 1. The Morgan fingerprint density at radius 1 is 1.24 bits per heavy atom. The van der Waals surface area contributed by atoms with Gasteiger partial charge < -0.3 is 25.7 Å². The van der Waals surface area contributed by atoms with Crippen LogP contribution in [0.4, 0.5) is 11.4 Å². The van der Waals surface area contributed by atoms with Crippen LogP contribution in [0, 0.1) is 12.8 Å². The number of imidazole rings is 1. The second-order valence-corrected chi connectivity index (χ2v) is 8.86. The lowest BCUT2D eigenvalue weighted by molar-refractivity contribution is -0.121. The first-order chi connectivity index (χ1) is 15.9. The number of aromatic amines is 1. The summed E-state index contributed by atoms with van der Waals surface area (Å²) in [5, 5.41) is 3.03. The normalized spacial score (nSPS) is 18.3. The molecule has 1 aliphatic carbocycles. The highest BCUT2D eigenvalue weighted by atomic mass is 16.5. The summed E-state index contributed by atoms with van der Waals surface area (Å²) >= 11 is 0. The van der Waals surface area contributed by atoms with Crippen molar-refractivity contribution in [2.24, 2.45) is 11.7 Å². The molecule has 176 valence electrons. The summed E-state index contributed by atoms with van der Waals surface area (Å²) in [6.45, 7) is 3.22. The maximum atomic E-state index is 12.9. The molecule has 0 bridgehead atoms. The number of H-pyrrole nitrogens is 1. The number of benzene rings is 2. The highest BCUT2D eigenvalue weighted by Crippen LogP contribution is 2.35. The molecule has 4 N–H and O–H groups in total. The van der Waals surface area contributed by atoms with Gasteiger partial charge in [-0.25, -0.2) is 4.79 Å². The highest BCUT2D eigenvalue weighted by Gasteiger charge is 2.29. The van der Waals surface area contributed by atoms with Gasteiger partial charge in [-0.2, -0.15) is 0 Å². The van der Waals surface area contributed by atoms with Crippen LogP contribution in [-0.2, 0) is 4.79 Å². The molecule has 0 radical (unpaired) electrons. The average molecular weight is 452 g/mol. The van der Waals surface area contributed by atoms with Gasteiger partial charge in [-0.1, -0.05) is 12.1 Å². The molecule has 1 aliphatic rings. The molecule has 3 aromatic rings. The summed E-state index contributed by atoms with van der Waals surface area (Å²) in [5.41, 5.74) is 10.1. The van der Waals surface area contributed by atoms with E-state index in [-0.39, 0.29) is 23.6 Å². The third-order valence-electron chi connectivity index (χ3n) is 6.71. The zero-order valence-electron chi connectivity index (χ0n) is 19.6. The van der Waals surface area contributed by atoms with E-state index < -0.39 is 0 Å². The molecule has 0 saturated heterocycles. The standard InChI is InChI=1S/C25H33N5O3/c1-16-7-10-18(15-22(16)33-3)27-24(31)17-8-11-19(12-9-17)30-21-6-4-5-20(29(2)14-13-26)23(21)28-25(30)32/h4-7,10,15,17,19H,8-9,11-14,26H2,1-3H3,(H,27,31)(H,28,32). The molecule has 1 amide bonds. The van der Waals surface area contributed by atoms with E-state index in [1.54, 1.807) is 7.11 Å². The second kappa shape index (κ2) is 9.70. The second-order valence-electron chi connectivity index (χ2n) is 8.86. The predicted octanol–water partition coefficient (Wildman–Crippen LogP) is 3.41. The van der Waals surface area contributed by atoms with Crippen molar-refractivity contribution in [3.63, 3.8) is 0 Å². The summed E-state index contributed by atoms with van der Waals surface area (Å²) in [5.74, 6) is 0.712. The Morgan fingerprint density at radius 3 is 2.70 bits per heavy atom. The number of hydrogen-bond acceptors (Lipinski definition) is 5. The molecule has 0 spiro atoms. The molecule has 1 fully saturated rings. The predicted molar refractivity (Wildman–Crippen MR) is 132 cm³/mol. The molecule has 0 atom stereocenters. The number of aromatic nitrogens is 2. The summed E-state index contributed by atoms with van der Waals surface area (Å²) in [4.78, 5) is 30.9. The van der Waals surface area contributed by atoms with Gasteiger partial charge in [-0.15, -0.1) is 0 Å². The van der Waals surface area contributed by atoms with Gasteiger partial charge in [-0.3, -0.25) is 9.36 Å². The van der Waals surface area contributed by atoms with Gasteiger partial charge in [0, 0.05) is 43.9 Å². The number of fused-ring (bicyclic) bond motifs is 1. The van der Waals surface area contributed by atoms with Crippen LogP contribution in [0.5, 0.6) is 5.75 Å². The Morgan fingerprint density at radius 2 is 2.00 bits per heavy atom. The monoisotopic (exact) mass is 451 g/mol. The van der Waals surface area contributed by atoms with E-state index in [0.717, 1.165) is 59.4 Å². The van der Waals surface area contributed by atoms with Gasteiger partial charge in [-0.05, 0) is 56.4 Å². The molecule has 1 aromatic heterocycles. The number of nitrogens with two attached hydrogens (primary N) is 1. The zero-order chi connectivity index (χ0) is 23.5. The van der Waals surface area contributed by atoms with Gasteiger partial charge in [0.2, 0.25) is 5.91 Å². The summed E-state index contributed by atoms with van der Waals surface area (Å²) in [7, 11) is 3.60. The first-order valence-corrected chi connectivity index (χ1v) is 11.5. The molecule has 2 aromatic carbocycles. The van der Waals surface area contributed by atoms with Crippen LogP contribution >= 0.6 is 0 Å². The van der Waals surface area contributed by atoms with E-state index in [0.29, 0.717) is 13.1 Å². The van der Waals surface area contributed by atoms with E-state index in [2.05, 4.69) is 15.2 Å². The van der Waals surface area contributed by atoms with E-state index in [9.17, 15) is 9.59 Å². The molecule has 4 rings (SSSR count). The van der Waals surface area contributed by atoms with Crippen molar-refractivity contribution in [1.29, 1.82) is 0 Å². The van der Waals surface area contributed by atoms with Gasteiger partial charge in [0.05, 0.1) is 23.8 Å². The largest absolute Gasteiger partial charge is 0.496 e. The molecule has 0 aliphatic heterocycles. The summed E-state index contributed by atoms with van der Waals surface area (Å²) in [6, 6.07) is 11.7. The Hall–Kier alpha value is -3.26. The van der Waals surface area contributed by atoms with Crippen LogP contribution in [0.3, 0.4) is 0 Å². The number of aryl methyl sites for hydroxylation is 1. The number of methoxy groups -OCH3 is 1. The number of nitrogens with one attached hydrogen (secondary N) is 2. The number of anilines is 2. The molecule has 8 nitrogen and oxygen atoms in total. The number of hydrogen-bond donors (Lipinski definition) is 3. The van der Waals surface area contributed by atoms with Crippen LogP contribution in [-0.4, -0.2) is 42.7 Å². The quantitative estimate of drug-likeness (QED) is 0.511. The fourth-order valence-electron chi connectivity index (χ4n) is 4.87. The average Bonchev–Trinajstić information content (AvgIpc) is 3.16. The van der Waals surface area contributed by atoms with Crippen LogP contribution in [0.1, 0.15) is 37.3 Å². The number of ether oxygens (including phenoxy) is 1. The van der Waals surface area contributed by atoms with E-state index in [1.165, 1.54) is 0 Å². The lowest BCUT2D eigenvalue weighted by Crippen LogP contribution is -2.31. The Kier molecular flexibility index (Phi) is 6.74. The third kappa shape index (κ3) is 4.61. The van der Waals surface area contributed by atoms with Gasteiger partial charge >= 0.3 is 5.69 Å². The summed E-state index contributed by atoms with van der Waals surface area (Å²) in [6.07, 6.45) is 3.05. The number of rotatable bonds is 7. The minimum Gasteiger partial charge on any atom is -0.496 e. The lowest BCUT2D eigenvalue weighted by atomic mass is 9.85. The van der Waals surface area contributed by atoms with Gasteiger partial charge in [0.15, 0.2) is 0 Å². The first-order valence-electron chi connectivity index (χ1n) is 11.5. The molecule has 1 saturated carbocycles. The van der Waals surface area contributed by atoms with Crippen molar-refractivity contribution in [2.75, 3.05) is 37.5 Å². The number of carbonyl (C=O) groups excluding carboxylic acids is 1. The topological polar surface area (TPSA) is 105 Å². The molecule has 1 heterocycles. The molecule has 33 heavy (non-hydrogen) atoms. The Bertz CT molecular complexity index is 1190. The number of amides is 1. The first kappa shape index (κ1) is 22.9. The maximum absolute atomic E-state index is 12.9. The van der Waals surface area contributed by atoms with Gasteiger partial charge in [0.25, 0.3) is 0 Å². The van der Waals surface area contributed by atoms with Gasteiger partial charge in [0.1, 0.15) is 5.75 Å². The number of nitrogens with zero attached hydrogens (tertiary/aromatic N) is 2. The number of carbonyl (C=O) groups is 1. The maximum Gasteiger partial charge on any atom is 0.326 e. The van der Waals surface area contributed by atoms with E-state index in [1.807, 2.05) is 54.9 Å². The van der Waals surface area contributed by atoms with Crippen molar-refractivity contribution in [2.45, 2.75) is 38.6 Å². The third-order valence-corrected chi connectivity index (χ3v) is 6.71. The van der Waals surface area contributed by atoms with Crippen LogP contribution in [0.15, 0.2) is 41.2 Å². The minimum absolute atomic E-state index is 0.0244. The molecular weight excluding hydrogens is 418 g/mol. The summed E-state index contributed by atoms with van der Waals surface area (Å²) < 4.78 is 7.22. The zero-order valence-corrected chi connectivity index (χ0v) is 19.6. The molecule has 8 heteroatoms. The SMILES string of the molecule is COc1cc(NC(=O)C2CCC(n3c(=O)[nH]c4c(N(C)CCN)cccc43)CC2)ccc1C. The van der Waals surface area contributed by atoms with Crippen molar-refractivity contribution in [3.05, 3.63) is 52.4 Å². The van der Waals surface area contributed by atoms with Crippen molar-refractivity contribution in [1.82, 2.24) is 9.55 Å². The fourth-order valence-corrected chi connectivity index (χ4v) is 4.87. The van der Waals surface area contributed by atoms with Crippen molar-refractivity contribution >= 4 is 28.3 Å². The van der Waals surface area contributed by atoms with Crippen molar-refractivity contribution in [3.8, 4) is 5.75 Å². The highest BCUT2D eigenvalue weighted by molar-refractivity contribution is 5.93. The fraction of sp³-hybridized carbons (Fsp3) is 0.440. The van der Waals surface area contributed by atoms with E-state index >= 15 is 0 Å². The van der Waals surface area contributed by atoms with Crippen LogP contribution < -0.4 is 26.4 Å².